The van der Waals surface area contributed by atoms with E-state index in [0.29, 0.717) is 23.0 Å². The predicted octanol–water partition coefficient (Wildman–Crippen LogP) is 5.12. The second-order valence-electron chi connectivity index (χ2n) is 9.87. The van der Waals surface area contributed by atoms with Crippen molar-refractivity contribution in [3.05, 3.63) is 108 Å². The molecule has 6 rings (SSSR count). The molecule has 178 valence electrons. The minimum Gasteiger partial charge on any atom is -0.453 e. The number of benzene rings is 3. The monoisotopic (exact) mass is 467 g/mol. The van der Waals surface area contributed by atoms with Crippen molar-refractivity contribution < 1.29 is 19.1 Å². The second kappa shape index (κ2) is 9.31. The molecule has 1 aliphatic carbocycles. The van der Waals surface area contributed by atoms with Gasteiger partial charge in [0.15, 0.2) is 12.2 Å². The maximum atomic E-state index is 13.2. The van der Waals surface area contributed by atoms with Crippen molar-refractivity contribution in [3.8, 4) is 0 Å². The van der Waals surface area contributed by atoms with Gasteiger partial charge in [-0.2, -0.15) is 0 Å². The molecule has 2 aliphatic heterocycles. The Balaban J connectivity index is 1.34. The van der Waals surface area contributed by atoms with Crippen molar-refractivity contribution in [2.24, 2.45) is 11.8 Å². The van der Waals surface area contributed by atoms with Crippen molar-refractivity contribution in [1.29, 1.82) is 0 Å². The smallest absolute Gasteiger partial charge is 0.338 e. The van der Waals surface area contributed by atoms with Crippen LogP contribution >= 0.6 is 0 Å². The molecule has 1 saturated carbocycles. The van der Waals surface area contributed by atoms with Crippen LogP contribution in [0.1, 0.15) is 45.5 Å². The number of rotatable bonds is 6. The molecule has 0 radical (unpaired) electrons. The Labute approximate surface area is 205 Å². The minimum atomic E-state index is -0.497. The van der Waals surface area contributed by atoms with Gasteiger partial charge in [0, 0.05) is 6.54 Å². The van der Waals surface area contributed by atoms with Gasteiger partial charge in [-0.05, 0) is 54.5 Å². The third kappa shape index (κ3) is 4.04. The predicted molar refractivity (Wildman–Crippen MR) is 132 cm³/mol. The summed E-state index contributed by atoms with van der Waals surface area (Å²) in [5.74, 6) is 0.171. The molecule has 2 bridgehead atoms. The highest BCUT2D eigenvalue weighted by Gasteiger charge is 2.66. The van der Waals surface area contributed by atoms with Crippen LogP contribution in [0, 0.1) is 11.8 Å². The summed E-state index contributed by atoms with van der Waals surface area (Å²) >= 11 is 0. The molecule has 6 atom stereocenters. The van der Waals surface area contributed by atoms with E-state index in [4.69, 9.17) is 9.47 Å². The average molecular weight is 468 g/mol. The van der Waals surface area contributed by atoms with Gasteiger partial charge in [-0.1, -0.05) is 73.2 Å². The third-order valence-electron chi connectivity index (χ3n) is 7.98. The highest BCUT2D eigenvalue weighted by molar-refractivity contribution is 5.90. The van der Waals surface area contributed by atoms with Crippen molar-refractivity contribution in [2.45, 2.75) is 50.1 Å². The molecule has 6 unspecified atom stereocenters. The summed E-state index contributed by atoms with van der Waals surface area (Å²) in [4.78, 5) is 28.8. The van der Waals surface area contributed by atoms with Crippen LogP contribution in [-0.4, -0.2) is 41.1 Å². The maximum Gasteiger partial charge on any atom is 0.338 e. The first-order chi connectivity index (χ1) is 17.2. The van der Waals surface area contributed by atoms with Crippen molar-refractivity contribution in [1.82, 2.24) is 4.90 Å². The van der Waals surface area contributed by atoms with Crippen LogP contribution in [0.2, 0.25) is 0 Å². The molecule has 0 spiro atoms. The molecule has 0 N–H and O–H groups in total. The fourth-order valence-electron chi connectivity index (χ4n) is 6.62. The first kappa shape index (κ1) is 22.1. The summed E-state index contributed by atoms with van der Waals surface area (Å²) in [6, 6.07) is 28.6. The molecule has 0 amide bonds. The minimum absolute atomic E-state index is 0.0361. The molecule has 2 saturated heterocycles. The van der Waals surface area contributed by atoms with Gasteiger partial charge in [-0.3, -0.25) is 4.90 Å². The molecular weight excluding hydrogens is 438 g/mol. The van der Waals surface area contributed by atoms with Gasteiger partial charge in [0.25, 0.3) is 0 Å². The summed E-state index contributed by atoms with van der Waals surface area (Å²) in [7, 11) is 0. The van der Waals surface area contributed by atoms with E-state index in [2.05, 4.69) is 17.0 Å². The van der Waals surface area contributed by atoms with E-state index in [9.17, 15) is 9.59 Å². The van der Waals surface area contributed by atoms with Crippen LogP contribution in [0.3, 0.4) is 0 Å². The number of carbonyl (C=O) groups excluding carboxylic acids is 2. The Kier molecular flexibility index (Phi) is 5.86. The summed E-state index contributed by atoms with van der Waals surface area (Å²) in [5.41, 5.74) is 2.24. The Morgan fingerprint density at radius 2 is 1.09 bits per heavy atom. The molecule has 3 aromatic carbocycles. The Bertz CT molecular complexity index is 1110. The number of fused-ring (bicyclic) bond motifs is 5. The summed E-state index contributed by atoms with van der Waals surface area (Å²) in [6.45, 7) is 0.752. The Hall–Kier alpha value is -3.44. The Morgan fingerprint density at radius 3 is 1.54 bits per heavy atom. The lowest BCUT2D eigenvalue weighted by molar-refractivity contribution is -0.0540. The van der Waals surface area contributed by atoms with Crippen LogP contribution in [0.15, 0.2) is 91.0 Å². The van der Waals surface area contributed by atoms with Crippen molar-refractivity contribution in [2.75, 3.05) is 0 Å². The fourth-order valence-corrected chi connectivity index (χ4v) is 6.62. The van der Waals surface area contributed by atoms with Crippen LogP contribution in [0.4, 0.5) is 0 Å². The van der Waals surface area contributed by atoms with E-state index >= 15 is 0 Å². The molecule has 3 aromatic rings. The maximum absolute atomic E-state index is 13.2. The van der Waals surface area contributed by atoms with E-state index in [1.165, 1.54) is 12.0 Å². The first-order valence-electron chi connectivity index (χ1n) is 12.5. The number of carbonyl (C=O) groups is 2. The van der Waals surface area contributed by atoms with Crippen LogP contribution in [0.25, 0.3) is 0 Å². The summed E-state index contributed by atoms with van der Waals surface area (Å²) in [6.07, 6.45) is 2.42. The number of esters is 2. The largest absolute Gasteiger partial charge is 0.453 e. The van der Waals surface area contributed by atoms with Gasteiger partial charge in [0.2, 0.25) is 0 Å². The zero-order chi connectivity index (χ0) is 23.8. The Morgan fingerprint density at radius 1 is 0.657 bits per heavy atom. The standard InChI is InChI=1S/C30H29NO4/c32-29(21-13-6-2-7-14-21)34-27-25-23-17-10-18-24(23)26(31(25)19-20-11-4-1-5-12-20)28(27)35-30(33)22-15-8-3-9-16-22/h1-9,11-16,23-28H,10,17-19H2. The van der Waals surface area contributed by atoms with E-state index in [0.717, 1.165) is 19.4 Å². The molecule has 2 heterocycles. The molecule has 0 aromatic heterocycles. The molecule has 3 fully saturated rings. The highest BCUT2D eigenvalue weighted by atomic mass is 16.6. The second-order valence-corrected chi connectivity index (χ2v) is 9.87. The quantitative estimate of drug-likeness (QED) is 0.471. The lowest BCUT2D eigenvalue weighted by Crippen LogP contribution is -2.49. The zero-order valence-corrected chi connectivity index (χ0v) is 19.5. The van der Waals surface area contributed by atoms with E-state index in [1.807, 2.05) is 54.6 Å². The average Bonchev–Trinajstić information content (AvgIpc) is 3.56. The van der Waals surface area contributed by atoms with Crippen LogP contribution in [0.5, 0.6) is 0 Å². The van der Waals surface area contributed by atoms with Gasteiger partial charge in [-0.15, -0.1) is 0 Å². The van der Waals surface area contributed by atoms with Crippen molar-refractivity contribution in [3.63, 3.8) is 0 Å². The lowest BCUT2D eigenvalue weighted by atomic mass is 9.78. The lowest BCUT2D eigenvalue weighted by Gasteiger charge is -2.35. The summed E-state index contributed by atoms with van der Waals surface area (Å²) in [5, 5.41) is 0. The molecule has 3 aliphatic rings. The fraction of sp³-hybridized carbons (Fsp3) is 0.333. The number of hydrogen-bond acceptors (Lipinski definition) is 5. The highest BCUT2D eigenvalue weighted by Crippen LogP contribution is 2.55. The van der Waals surface area contributed by atoms with Gasteiger partial charge >= 0.3 is 11.9 Å². The number of nitrogens with zero attached hydrogens (tertiary/aromatic N) is 1. The van der Waals surface area contributed by atoms with Gasteiger partial charge in [0.05, 0.1) is 23.2 Å². The van der Waals surface area contributed by atoms with Crippen LogP contribution < -0.4 is 0 Å². The van der Waals surface area contributed by atoms with Gasteiger partial charge in [-0.25, -0.2) is 9.59 Å². The van der Waals surface area contributed by atoms with Crippen LogP contribution in [-0.2, 0) is 16.0 Å². The normalized spacial score (nSPS) is 29.0. The zero-order valence-electron chi connectivity index (χ0n) is 19.5. The summed E-state index contributed by atoms with van der Waals surface area (Å²) < 4.78 is 12.4. The molecule has 35 heavy (non-hydrogen) atoms. The van der Waals surface area contributed by atoms with Crippen molar-refractivity contribution >= 4 is 11.9 Å². The SMILES string of the molecule is O=C(OC1C(OC(=O)c2ccccc2)C2C3CCCC3C1N2Cc1ccccc1)c1ccccc1. The number of hydrogen-bond donors (Lipinski definition) is 0. The first-order valence-corrected chi connectivity index (χ1v) is 12.5. The van der Waals surface area contributed by atoms with Gasteiger partial charge in [0.1, 0.15) is 0 Å². The van der Waals surface area contributed by atoms with Gasteiger partial charge < -0.3 is 9.47 Å². The van der Waals surface area contributed by atoms with E-state index < -0.39 is 12.2 Å². The topological polar surface area (TPSA) is 55.8 Å². The van der Waals surface area contributed by atoms with E-state index in [1.54, 1.807) is 24.3 Å². The molecular formula is C30H29NO4. The third-order valence-corrected chi connectivity index (χ3v) is 7.98. The molecule has 5 heteroatoms. The molecule has 5 nitrogen and oxygen atoms in total. The van der Waals surface area contributed by atoms with E-state index in [-0.39, 0.29) is 24.0 Å². The number of ether oxygens (including phenoxy) is 2.